The summed E-state index contributed by atoms with van der Waals surface area (Å²) in [7, 11) is -2.42. The van der Waals surface area contributed by atoms with Gasteiger partial charge in [0.15, 0.2) is 0 Å². The van der Waals surface area contributed by atoms with Crippen molar-refractivity contribution in [3.63, 3.8) is 0 Å². The van der Waals surface area contributed by atoms with Crippen LogP contribution in [0.15, 0.2) is 40.2 Å². The molecule has 0 bridgehead atoms. The van der Waals surface area contributed by atoms with Gasteiger partial charge in [-0.25, -0.2) is 8.42 Å². The molecule has 1 aromatic heterocycles. The van der Waals surface area contributed by atoms with E-state index in [1.165, 1.54) is 22.9 Å². The number of hydrogen-bond donors (Lipinski definition) is 3. The molecule has 28 heavy (non-hydrogen) atoms. The molecule has 0 saturated carbocycles. The van der Waals surface area contributed by atoms with Gasteiger partial charge >= 0.3 is 0 Å². The van der Waals surface area contributed by atoms with E-state index in [4.69, 9.17) is 11.1 Å². The third-order valence-corrected chi connectivity index (χ3v) is 6.65. The molecule has 1 atom stereocenters. The van der Waals surface area contributed by atoms with Crippen LogP contribution in [0.1, 0.15) is 17.5 Å². The fraction of sp³-hybridized carbons (Fsp3) is 0.278. The van der Waals surface area contributed by atoms with Crippen LogP contribution < -0.4 is 16.6 Å². The van der Waals surface area contributed by atoms with Crippen molar-refractivity contribution >= 4 is 33.5 Å². The number of hydrogen-bond acceptors (Lipinski definition) is 6. The number of carbonyl (C=O) groups is 1. The van der Waals surface area contributed by atoms with Crippen LogP contribution in [0.3, 0.4) is 0 Å². The largest absolute Gasteiger partial charge is 0.397 e. The average Bonchev–Trinajstić information content (AvgIpc) is 2.58. The molecule has 1 amide bonds. The molecule has 3 rings (SSSR count). The second-order valence-electron chi connectivity index (χ2n) is 6.68. The summed E-state index contributed by atoms with van der Waals surface area (Å²) >= 11 is 0. The van der Waals surface area contributed by atoms with E-state index < -0.39 is 22.0 Å². The number of rotatable bonds is 5. The molecule has 1 fully saturated rings. The Labute approximate surface area is 162 Å². The lowest BCUT2D eigenvalue weighted by Gasteiger charge is -2.38. The highest BCUT2D eigenvalue weighted by atomic mass is 32.2. The molecule has 2 heterocycles. The molecule has 0 aliphatic carbocycles. The van der Waals surface area contributed by atoms with Crippen LogP contribution in [0, 0.1) is 12.3 Å². The van der Waals surface area contributed by atoms with Gasteiger partial charge in [0.25, 0.3) is 5.56 Å². The van der Waals surface area contributed by atoms with Gasteiger partial charge in [-0.15, -0.1) is 0 Å². The molecular weight excluding hydrogens is 382 g/mol. The van der Waals surface area contributed by atoms with E-state index in [1.54, 1.807) is 26.1 Å². The van der Waals surface area contributed by atoms with Crippen LogP contribution >= 0.6 is 0 Å². The summed E-state index contributed by atoms with van der Waals surface area (Å²) in [6.07, 6.45) is 2.87. The van der Waals surface area contributed by atoms with E-state index in [0.717, 1.165) is 10.5 Å². The number of pyridine rings is 1. The zero-order chi connectivity index (χ0) is 20.6. The number of nitrogen functional groups attached to an aromatic ring is 1. The number of aryl methyl sites for hydroxylation is 2. The lowest BCUT2D eigenvalue weighted by molar-refractivity contribution is -0.122. The fourth-order valence-corrected chi connectivity index (χ4v) is 4.88. The van der Waals surface area contributed by atoms with Gasteiger partial charge in [-0.3, -0.25) is 9.59 Å². The van der Waals surface area contributed by atoms with E-state index >= 15 is 0 Å². The third-order valence-electron chi connectivity index (χ3n) is 4.71. The van der Waals surface area contributed by atoms with Crippen molar-refractivity contribution in [2.75, 3.05) is 17.6 Å². The van der Waals surface area contributed by atoms with Crippen molar-refractivity contribution in [1.29, 1.82) is 5.41 Å². The zero-order valence-electron chi connectivity index (χ0n) is 15.5. The zero-order valence-corrected chi connectivity index (χ0v) is 16.3. The summed E-state index contributed by atoms with van der Waals surface area (Å²) in [4.78, 5) is 24.1. The summed E-state index contributed by atoms with van der Waals surface area (Å²) in [5.74, 6) is -0.512. The molecule has 1 aliphatic heterocycles. The first kappa shape index (κ1) is 19.8. The number of sulfonamides is 1. The molecule has 1 aromatic carbocycles. The van der Waals surface area contributed by atoms with Crippen LogP contribution in [0.2, 0.25) is 0 Å². The fourth-order valence-electron chi connectivity index (χ4n) is 3.02. The number of anilines is 2. The van der Waals surface area contributed by atoms with Gasteiger partial charge in [-0.1, -0.05) is 0 Å². The molecule has 1 aliphatic rings. The topological polar surface area (TPSA) is 138 Å². The minimum Gasteiger partial charge on any atom is -0.397 e. The Balaban J connectivity index is 1.87. The molecule has 9 nitrogen and oxygen atoms in total. The van der Waals surface area contributed by atoms with Crippen LogP contribution in [0.4, 0.5) is 11.4 Å². The van der Waals surface area contributed by atoms with Crippen molar-refractivity contribution in [1.82, 2.24) is 8.87 Å². The first-order valence-electron chi connectivity index (χ1n) is 8.55. The first-order valence-corrected chi connectivity index (χ1v) is 9.99. The Bertz CT molecular complexity index is 1120. The number of benzene rings is 1. The predicted molar refractivity (Wildman–Crippen MR) is 106 cm³/mol. The lowest BCUT2D eigenvalue weighted by atomic mass is 10.1. The van der Waals surface area contributed by atoms with Gasteiger partial charge in [0.05, 0.1) is 5.69 Å². The number of amides is 1. The summed E-state index contributed by atoms with van der Waals surface area (Å²) < 4.78 is 28.6. The highest BCUT2D eigenvalue weighted by Gasteiger charge is 2.43. The summed E-state index contributed by atoms with van der Waals surface area (Å²) in [6, 6.07) is 5.00. The lowest BCUT2D eigenvalue weighted by Crippen LogP contribution is -2.56. The molecule has 0 spiro atoms. The van der Waals surface area contributed by atoms with E-state index in [0.29, 0.717) is 23.2 Å². The second-order valence-corrected chi connectivity index (χ2v) is 8.54. The normalized spacial score (nSPS) is 17.0. The van der Waals surface area contributed by atoms with Crippen molar-refractivity contribution in [2.24, 2.45) is 7.05 Å². The number of nitrogens with zero attached hydrogens (tertiary/aromatic N) is 2. The number of aromatic nitrogens is 1. The van der Waals surface area contributed by atoms with E-state index in [1.807, 2.05) is 0 Å². The smallest absolute Gasteiger partial charge is 0.252 e. The molecular formula is C18H21N5O4S. The van der Waals surface area contributed by atoms with Crippen LogP contribution in [0.25, 0.3) is 0 Å². The van der Waals surface area contributed by atoms with Crippen LogP contribution in [-0.4, -0.2) is 42.0 Å². The molecule has 4 N–H and O–H groups in total. The average molecular weight is 403 g/mol. The SMILES string of the molecule is Cc1cc(C=N)c(N)c(S(=O)(=O)N2CC[C@H]2C(=O)Nc2ccn(C)c(=O)c2)c1. The number of nitrogens with one attached hydrogen (secondary N) is 2. The van der Waals surface area contributed by atoms with Gasteiger partial charge < -0.3 is 21.0 Å². The number of nitrogens with two attached hydrogens (primary N) is 1. The number of carbonyl (C=O) groups excluding carboxylic acids is 1. The minimum atomic E-state index is -4.01. The highest BCUT2D eigenvalue weighted by molar-refractivity contribution is 7.89. The van der Waals surface area contributed by atoms with Crippen molar-refractivity contribution in [3.8, 4) is 0 Å². The molecule has 2 aromatic rings. The first-order chi connectivity index (χ1) is 13.1. The van der Waals surface area contributed by atoms with Crippen LogP contribution in [-0.2, 0) is 21.9 Å². The summed E-state index contributed by atoms with van der Waals surface area (Å²) in [6.45, 7) is 1.89. The van der Waals surface area contributed by atoms with E-state index in [2.05, 4.69) is 5.32 Å². The maximum Gasteiger partial charge on any atom is 0.252 e. The predicted octanol–water partition coefficient (Wildman–Crippen LogP) is 0.675. The molecule has 0 unspecified atom stereocenters. The quantitative estimate of drug-likeness (QED) is 0.498. The van der Waals surface area contributed by atoms with E-state index in [9.17, 15) is 18.0 Å². The Morgan fingerprint density at radius 1 is 1.36 bits per heavy atom. The standard InChI is InChI=1S/C18H21N5O4S/c1-11-7-12(10-19)17(20)15(8-11)28(26,27)23-6-4-14(23)18(25)21-13-3-5-22(2)16(24)9-13/h3,5,7-10,14,19H,4,6,20H2,1-2H3,(H,21,25)/t14-/m0/s1. The van der Waals surface area contributed by atoms with Gasteiger partial charge in [0.1, 0.15) is 10.9 Å². The van der Waals surface area contributed by atoms with Gasteiger partial charge in [-0.05, 0) is 37.1 Å². The summed E-state index contributed by atoms with van der Waals surface area (Å²) in [5.41, 5.74) is 6.90. The monoisotopic (exact) mass is 403 g/mol. The van der Waals surface area contributed by atoms with Crippen molar-refractivity contribution in [3.05, 3.63) is 51.9 Å². The Morgan fingerprint density at radius 2 is 2.07 bits per heavy atom. The maximum absolute atomic E-state index is 13.1. The Kier molecular flexibility index (Phi) is 5.09. The molecule has 0 radical (unpaired) electrons. The van der Waals surface area contributed by atoms with Gasteiger partial charge in [-0.2, -0.15) is 4.31 Å². The molecule has 10 heteroatoms. The minimum absolute atomic E-state index is 0.0155. The maximum atomic E-state index is 13.1. The van der Waals surface area contributed by atoms with Gasteiger partial charge in [0, 0.05) is 43.3 Å². The van der Waals surface area contributed by atoms with Crippen molar-refractivity contribution in [2.45, 2.75) is 24.3 Å². The van der Waals surface area contributed by atoms with E-state index in [-0.39, 0.29) is 22.7 Å². The van der Waals surface area contributed by atoms with Crippen molar-refractivity contribution < 1.29 is 13.2 Å². The third kappa shape index (κ3) is 3.43. The Hall–Kier alpha value is -2.98. The Morgan fingerprint density at radius 3 is 2.64 bits per heavy atom. The summed E-state index contributed by atoms with van der Waals surface area (Å²) in [5, 5.41) is 10.00. The molecule has 148 valence electrons. The van der Waals surface area contributed by atoms with Gasteiger partial charge in [0.2, 0.25) is 15.9 Å². The second kappa shape index (κ2) is 7.21. The highest BCUT2D eigenvalue weighted by Crippen LogP contribution is 2.32. The van der Waals surface area contributed by atoms with Crippen LogP contribution in [0.5, 0.6) is 0 Å². The molecule has 1 saturated heterocycles.